The van der Waals surface area contributed by atoms with Crippen molar-refractivity contribution in [2.24, 2.45) is 5.92 Å². The fourth-order valence-electron chi connectivity index (χ4n) is 2.56. The number of hydrogen-bond acceptors (Lipinski definition) is 5. The van der Waals surface area contributed by atoms with Crippen LogP contribution in [-0.2, 0) is 6.42 Å². The first-order valence-corrected chi connectivity index (χ1v) is 7.59. The minimum Gasteiger partial charge on any atom is -0.434 e. The molecule has 0 aromatic carbocycles. The molecule has 3 rings (SSSR count). The van der Waals surface area contributed by atoms with Gasteiger partial charge in [0.05, 0.1) is 11.9 Å². The second kappa shape index (κ2) is 6.87. The summed E-state index contributed by atoms with van der Waals surface area (Å²) >= 11 is 5.71. The lowest BCUT2D eigenvalue weighted by atomic mass is 9.92. The molecule has 1 aliphatic rings. The van der Waals surface area contributed by atoms with Crippen molar-refractivity contribution in [3.05, 3.63) is 29.2 Å². The minimum atomic E-state index is 0.348. The lowest BCUT2D eigenvalue weighted by Gasteiger charge is -2.22. The Morgan fingerprint density at radius 1 is 1.24 bits per heavy atom. The summed E-state index contributed by atoms with van der Waals surface area (Å²) in [7, 11) is 0. The molecule has 112 valence electrons. The van der Waals surface area contributed by atoms with E-state index in [2.05, 4.69) is 25.7 Å². The van der Waals surface area contributed by atoms with E-state index in [-0.39, 0.29) is 0 Å². The van der Waals surface area contributed by atoms with Crippen molar-refractivity contribution >= 4 is 11.6 Å². The Hall–Kier alpha value is -1.66. The Balaban J connectivity index is 1.59. The first-order chi connectivity index (χ1) is 10.3. The maximum absolute atomic E-state index is 5.71. The smallest absolute Gasteiger partial charge is 0.239 e. The van der Waals surface area contributed by atoms with Gasteiger partial charge >= 0.3 is 0 Å². The van der Waals surface area contributed by atoms with Gasteiger partial charge in [-0.2, -0.15) is 5.10 Å². The van der Waals surface area contributed by atoms with Crippen LogP contribution in [0.15, 0.2) is 18.3 Å². The number of ether oxygens (including phenoxy) is 1. The van der Waals surface area contributed by atoms with Crippen LogP contribution in [0.1, 0.15) is 25.0 Å². The van der Waals surface area contributed by atoms with E-state index in [9.17, 15) is 0 Å². The molecule has 1 aliphatic heterocycles. The molecular weight excluding hydrogens is 290 g/mol. The zero-order valence-corrected chi connectivity index (χ0v) is 12.4. The number of aromatic nitrogens is 4. The van der Waals surface area contributed by atoms with Gasteiger partial charge in [0.1, 0.15) is 0 Å². The van der Waals surface area contributed by atoms with E-state index in [0.29, 0.717) is 16.8 Å². The maximum Gasteiger partial charge on any atom is 0.239 e. The topological polar surface area (TPSA) is 75.7 Å². The molecule has 0 bridgehead atoms. The molecule has 7 heteroatoms. The number of rotatable bonds is 5. The maximum atomic E-state index is 5.71. The summed E-state index contributed by atoms with van der Waals surface area (Å²) in [5.41, 5.74) is 1.00. The molecule has 1 saturated heterocycles. The number of nitrogens with zero attached hydrogens (tertiary/aromatic N) is 3. The number of aryl methyl sites for hydroxylation is 1. The number of H-pyrrole nitrogens is 1. The van der Waals surface area contributed by atoms with Crippen LogP contribution >= 0.6 is 11.6 Å². The molecule has 0 radical (unpaired) electrons. The molecule has 0 aliphatic carbocycles. The molecule has 2 aromatic heterocycles. The highest BCUT2D eigenvalue weighted by Gasteiger charge is 2.15. The lowest BCUT2D eigenvalue weighted by Crippen LogP contribution is -2.27. The van der Waals surface area contributed by atoms with E-state index in [1.807, 2.05) is 0 Å². The van der Waals surface area contributed by atoms with Crippen molar-refractivity contribution in [1.82, 2.24) is 25.7 Å². The largest absolute Gasteiger partial charge is 0.434 e. The van der Waals surface area contributed by atoms with Crippen LogP contribution in [0.5, 0.6) is 11.6 Å². The van der Waals surface area contributed by atoms with Gasteiger partial charge < -0.3 is 10.1 Å². The predicted octanol–water partition coefficient (Wildman–Crippen LogP) is 2.58. The zero-order chi connectivity index (χ0) is 14.5. The van der Waals surface area contributed by atoms with Crippen molar-refractivity contribution in [2.45, 2.75) is 25.7 Å². The van der Waals surface area contributed by atoms with Crippen molar-refractivity contribution in [2.75, 3.05) is 13.1 Å². The third-order valence-corrected chi connectivity index (χ3v) is 3.96. The number of piperidine rings is 1. The van der Waals surface area contributed by atoms with Crippen LogP contribution in [0.25, 0.3) is 0 Å². The molecule has 21 heavy (non-hydrogen) atoms. The number of aromatic amines is 1. The van der Waals surface area contributed by atoms with Crippen LogP contribution in [0.2, 0.25) is 5.15 Å². The van der Waals surface area contributed by atoms with Crippen molar-refractivity contribution in [3.8, 4) is 11.6 Å². The first kappa shape index (κ1) is 14.3. The summed E-state index contributed by atoms with van der Waals surface area (Å²) in [6.07, 6.45) is 6.24. The molecule has 0 saturated carbocycles. The van der Waals surface area contributed by atoms with Crippen LogP contribution in [-0.4, -0.2) is 33.5 Å². The van der Waals surface area contributed by atoms with Gasteiger partial charge in [-0.25, -0.2) is 0 Å². The molecule has 0 amide bonds. The third kappa shape index (κ3) is 3.92. The molecule has 3 heterocycles. The van der Waals surface area contributed by atoms with Crippen LogP contribution in [0.4, 0.5) is 0 Å². The summed E-state index contributed by atoms with van der Waals surface area (Å²) in [4.78, 5) is 0. The van der Waals surface area contributed by atoms with Crippen LogP contribution in [0, 0.1) is 5.92 Å². The summed E-state index contributed by atoms with van der Waals surface area (Å²) in [6.45, 7) is 2.24. The lowest BCUT2D eigenvalue weighted by molar-refractivity contribution is 0.351. The normalized spacial score (nSPS) is 16.0. The Morgan fingerprint density at radius 3 is 2.86 bits per heavy atom. The van der Waals surface area contributed by atoms with Gasteiger partial charge in [0.15, 0.2) is 10.9 Å². The van der Waals surface area contributed by atoms with Crippen molar-refractivity contribution in [3.63, 3.8) is 0 Å². The van der Waals surface area contributed by atoms with Crippen molar-refractivity contribution in [1.29, 1.82) is 0 Å². The molecule has 2 aromatic rings. The van der Waals surface area contributed by atoms with Crippen LogP contribution < -0.4 is 10.1 Å². The van der Waals surface area contributed by atoms with E-state index in [1.54, 1.807) is 18.3 Å². The van der Waals surface area contributed by atoms with Gasteiger partial charge in [0.2, 0.25) is 5.88 Å². The van der Waals surface area contributed by atoms with E-state index in [0.717, 1.165) is 37.5 Å². The quantitative estimate of drug-likeness (QED) is 0.888. The van der Waals surface area contributed by atoms with E-state index >= 15 is 0 Å². The zero-order valence-electron chi connectivity index (χ0n) is 11.7. The molecule has 0 spiro atoms. The minimum absolute atomic E-state index is 0.348. The Kier molecular flexibility index (Phi) is 4.67. The van der Waals surface area contributed by atoms with Crippen LogP contribution in [0.3, 0.4) is 0 Å². The predicted molar refractivity (Wildman–Crippen MR) is 79.6 cm³/mol. The summed E-state index contributed by atoms with van der Waals surface area (Å²) in [5.74, 6) is 1.90. The van der Waals surface area contributed by atoms with E-state index < -0.39 is 0 Å². The average molecular weight is 308 g/mol. The van der Waals surface area contributed by atoms with E-state index in [1.165, 1.54) is 12.8 Å². The number of halogens is 1. The summed E-state index contributed by atoms with van der Waals surface area (Å²) in [6, 6.07) is 3.34. The van der Waals surface area contributed by atoms with Crippen molar-refractivity contribution < 1.29 is 4.74 Å². The average Bonchev–Trinajstić information content (AvgIpc) is 2.96. The molecule has 0 atom stereocenters. The molecule has 1 fully saturated rings. The number of nitrogens with one attached hydrogen (secondary N) is 2. The van der Waals surface area contributed by atoms with Gasteiger partial charge in [-0.05, 0) is 50.8 Å². The highest BCUT2D eigenvalue weighted by Crippen LogP contribution is 2.25. The van der Waals surface area contributed by atoms with Gasteiger partial charge in [-0.1, -0.05) is 11.6 Å². The second-order valence-corrected chi connectivity index (χ2v) is 5.63. The Bertz CT molecular complexity index is 565. The van der Waals surface area contributed by atoms with Gasteiger partial charge in [-0.15, -0.1) is 10.2 Å². The molecule has 0 unspecified atom stereocenters. The monoisotopic (exact) mass is 307 g/mol. The first-order valence-electron chi connectivity index (χ1n) is 7.21. The summed E-state index contributed by atoms with van der Waals surface area (Å²) in [5, 5.41) is 18.5. The standard InChI is InChI=1S/C14H18ClN5O/c15-13-3-4-14(20-19-13)21-12-9-17-18-11(12)2-1-10-5-7-16-8-6-10/h3-4,9-10,16H,1-2,5-8H2,(H,17,18). The Labute approximate surface area is 128 Å². The van der Waals surface area contributed by atoms with E-state index in [4.69, 9.17) is 16.3 Å². The fourth-order valence-corrected chi connectivity index (χ4v) is 2.66. The third-order valence-electron chi connectivity index (χ3n) is 3.76. The molecule has 2 N–H and O–H groups in total. The highest BCUT2D eigenvalue weighted by molar-refractivity contribution is 6.29. The van der Waals surface area contributed by atoms with Gasteiger partial charge in [0.25, 0.3) is 0 Å². The SMILES string of the molecule is Clc1ccc(Oc2cn[nH]c2CCC2CCNCC2)nn1. The number of hydrogen-bond donors (Lipinski definition) is 2. The molecular formula is C14H18ClN5O. The van der Waals surface area contributed by atoms with Gasteiger partial charge in [-0.3, -0.25) is 5.10 Å². The summed E-state index contributed by atoms with van der Waals surface area (Å²) < 4.78 is 5.71. The van der Waals surface area contributed by atoms with Gasteiger partial charge in [0, 0.05) is 6.07 Å². The second-order valence-electron chi connectivity index (χ2n) is 5.24. The highest BCUT2D eigenvalue weighted by atomic mass is 35.5. The Morgan fingerprint density at radius 2 is 2.10 bits per heavy atom. The fraction of sp³-hybridized carbons (Fsp3) is 0.500. The molecule has 6 nitrogen and oxygen atoms in total.